The maximum absolute atomic E-state index is 13.0. The van der Waals surface area contributed by atoms with E-state index < -0.39 is 28.7 Å². The van der Waals surface area contributed by atoms with E-state index in [1.54, 1.807) is 6.92 Å². The molecule has 178 valence electrons. The summed E-state index contributed by atoms with van der Waals surface area (Å²) >= 11 is 5.57. The molecule has 0 saturated carbocycles. The fourth-order valence-corrected chi connectivity index (χ4v) is 2.67. The Bertz CT molecular complexity index is 1180. The topological polar surface area (TPSA) is 127 Å². The van der Waals surface area contributed by atoms with Crippen LogP contribution in [0.2, 0.25) is 5.02 Å². The van der Waals surface area contributed by atoms with E-state index in [1.807, 2.05) is 0 Å². The Hall–Kier alpha value is -3.97. The van der Waals surface area contributed by atoms with E-state index in [-0.39, 0.29) is 29.9 Å². The van der Waals surface area contributed by atoms with Crippen LogP contribution in [0.3, 0.4) is 0 Å². The van der Waals surface area contributed by atoms with Crippen molar-refractivity contribution < 1.29 is 32.3 Å². The Kier molecular flexibility index (Phi) is 7.81. The number of anilines is 2. The van der Waals surface area contributed by atoms with E-state index in [4.69, 9.17) is 21.2 Å². The zero-order valence-electron chi connectivity index (χ0n) is 17.3. The number of halogens is 4. The molecular weight excluding hydrogens is 481 g/mol. The number of rotatable bonds is 7. The molecule has 1 heterocycles. The summed E-state index contributed by atoms with van der Waals surface area (Å²) in [6.45, 7) is 1.94. The van der Waals surface area contributed by atoms with Gasteiger partial charge in [-0.3, -0.25) is 9.63 Å². The van der Waals surface area contributed by atoms with E-state index in [2.05, 4.69) is 31.1 Å². The van der Waals surface area contributed by atoms with Gasteiger partial charge in [0.25, 0.3) is 0 Å². The number of hydrogen-bond donors (Lipinski definition) is 3. The van der Waals surface area contributed by atoms with Crippen molar-refractivity contribution >= 4 is 34.9 Å². The highest BCUT2D eigenvalue weighted by molar-refractivity contribution is 6.31. The lowest BCUT2D eigenvalue weighted by Gasteiger charge is -2.12. The maximum atomic E-state index is 13.0. The third-order valence-corrected chi connectivity index (χ3v) is 4.24. The lowest BCUT2D eigenvalue weighted by Crippen LogP contribution is -2.25. The number of carbonyl (C=O) groups is 2. The number of urea groups is 1. The van der Waals surface area contributed by atoms with E-state index >= 15 is 0 Å². The minimum Gasteiger partial charge on any atom is -0.424 e. The van der Waals surface area contributed by atoms with Gasteiger partial charge in [0, 0.05) is 11.4 Å². The molecule has 0 bridgehead atoms. The van der Waals surface area contributed by atoms with E-state index in [9.17, 15) is 22.8 Å². The highest BCUT2D eigenvalue weighted by atomic mass is 35.5. The predicted octanol–water partition coefficient (Wildman–Crippen LogP) is 4.66. The van der Waals surface area contributed by atoms with Crippen LogP contribution in [-0.2, 0) is 11.0 Å². The standard InChI is InChI=1S/C20H16ClF3N6O4/c1-2-33-30-17(31)16-25-10-26-19(29-16)34-13-6-3-11(4-7-13)27-18(32)28-12-5-8-15(21)14(9-12)20(22,23)24/h3-10H,2H2,1H3,(H,30,31)(H2,27,28,32). The molecule has 0 aliphatic heterocycles. The zero-order valence-corrected chi connectivity index (χ0v) is 18.1. The van der Waals surface area contributed by atoms with Gasteiger partial charge in [-0.2, -0.15) is 23.1 Å². The van der Waals surface area contributed by atoms with Crippen LogP contribution < -0.4 is 20.9 Å². The highest BCUT2D eigenvalue weighted by Crippen LogP contribution is 2.36. The number of amides is 3. The number of hydroxylamine groups is 1. The van der Waals surface area contributed by atoms with Gasteiger partial charge in [-0.15, -0.1) is 0 Å². The molecule has 3 aromatic rings. The molecule has 0 fully saturated rings. The van der Waals surface area contributed by atoms with E-state index in [0.29, 0.717) is 5.69 Å². The van der Waals surface area contributed by atoms with Gasteiger partial charge in [-0.1, -0.05) is 11.6 Å². The first-order valence-corrected chi connectivity index (χ1v) is 9.87. The van der Waals surface area contributed by atoms with E-state index in [1.165, 1.54) is 30.3 Å². The summed E-state index contributed by atoms with van der Waals surface area (Å²) < 4.78 is 44.3. The molecule has 0 aliphatic carbocycles. The van der Waals surface area contributed by atoms with Gasteiger partial charge >= 0.3 is 24.1 Å². The molecule has 3 rings (SSSR count). The Morgan fingerprint density at radius 2 is 1.71 bits per heavy atom. The van der Waals surface area contributed by atoms with Crippen molar-refractivity contribution in [2.24, 2.45) is 0 Å². The summed E-state index contributed by atoms with van der Waals surface area (Å²) in [5.74, 6) is -0.618. The molecule has 0 spiro atoms. The molecule has 3 amide bonds. The van der Waals surface area contributed by atoms with Crippen molar-refractivity contribution in [1.29, 1.82) is 0 Å². The van der Waals surface area contributed by atoms with Gasteiger partial charge < -0.3 is 15.4 Å². The van der Waals surface area contributed by atoms with Gasteiger partial charge in [0.2, 0.25) is 5.82 Å². The van der Waals surface area contributed by atoms with Crippen LogP contribution in [0, 0.1) is 0 Å². The summed E-state index contributed by atoms with van der Waals surface area (Å²) in [5.41, 5.74) is 1.31. The maximum Gasteiger partial charge on any atom is 0.417 e. The monoisotopic (exact) mass is 496 g/mol. The lowest BCUT2D eigenvalue weighted by molar-refractivity contribution is -0.137. The second-order valence-electron chi connectivity index (χ2n) is 6.35. The molecule has 0 radical (unpaired) electrons. The third kappa shape index (κ3) is 6.76. The Morgan fingerprint density at radius 1 is 1.03 bits per heavy atom. The number of carbonyl (C=O) groups excluding carboxylic acids is 2. The minimum absolute atomic E-state index is 0.0896. The molecule has 10 nitrogen and oxygen atoms in total. The van der Waals surface area contributed by atoms with Crippen molar-refractivity contribution in [3.63, 3.8) is 0 Å². The molecule has 14 heteroatoms. The fourth-order valence-electron chi connectivity index (χ4n) is 2.45. The number of nitrogens with zero attached hydrogens (tertiary/aromatic N) is 3. The number of benzene rings is 2. The smallest absolute Gasteiger partial charge is 0.417 e. The van der Waals surface area contributed by atoms with Crippen molar-refractivity contribution in [2.45, 2.75) is 13.1 Å². The quantitative estimate of drug-likeness (QED) is 0.406. The van der Waals surface area contributed by atoms with Gasteiger partial charge in [-0.05, 0) is 49.4 Å². The molecule has 2 aromatic carbocycles. The SMILES string of the molecule is CCONC(=O)c1ncnc(Oc2ccc(NC(=O)Nc3ccc(Cl)c(C(F)(F)F)c3)cc2)n1. The van der Waals surface area contributed by atoms with Crippen LogP contribution >= 0.6 is 11.6 Å². The number of ether oxygens (including phenoxy) is 1. The van der Waals surface area contributed by atoms with Crippen LogP contribution in [0.1, 0.15) is 23.1 Å². The molecular formula is C20H16ClF3N6O4. The first-order chi connectivity index (χ1) is 16.2. The molecule has 0 saturated heterocycles. The van der Waals surface area contributed by atoms with Gasteiger partial charge in [0.1, 0.15) is 12.1 Å². The second kappa shape index (κ2) is 10.8. The highest BCUT2D eigenvalue weighted by Gasteiger charge is 2.33. The summed E-state index contributed by atoms with van der Waals surface area (Å²) in [7, 11) is 0. The lowest BCUT2D eigenvalue weighted by atomic mass is 10.2. The average molecular weight is 497 g/mol. The predicted molar refractivity (Wildman–Crippen MR) is 115 cm³/mol. The second-order valence-corrected chi connectivity index (χ2v) is 6.76. The Balaban J connectivity index is 1.60. The Labute approximate surface area is 195 Å². The normalized spacial score (nSPS) is 11.0. The molecule has 1 aromatic heterocycles. The molecule has 3 N–H and O–H groups in total. The van der Waals surface area contributed by atoms with Gasteiger partial charge in [0.05, 0.1) is 17.2 Å². The molecule has 0 unspecified atom stereocenters. The largest absolute Gasteiger partial charge is 0.424 e. The summed E-state index contributed by atoms with van der Waals surface area (Å²) in [6, 6.07) is 7.99. The fraction of sp³-hybridized carbons (Fsp3) is 0.150. The third-order valence-electron chi connectivity index (χ3n) is 3.91. The minimum atomic E-state index is -4.66. The van der Waals surface area contributed by atoms with Gasteiger partial charge in [-0.25, -0.2) is 15.3 Å². The number of alkyl halides is 3. The van der Waals surface area contributed by atoms with Crippen molar-refractivity contribution in [3.05, 3.63) is 65.2 Å². The molecule has 0 atom stereocenters. The summed E-state index contributed by atoms with van der Waals surface area (Å²) in [6.07, 6.45) is -3.57. The summed E-state index contributed by atoms with van der Waals surface area (Å²) in [4.78, 5) is 40.1. The molecule has 0 aliphatic rings. The van der Waals surface area contributed by atoms with Crippen LogP contribution in [0.15, 0.2) is 48.8 Å². The zero-order chi connectivity index (χ0) is 24.7. The molecule has 34 heavy (non-hydrogen) atoms. The van der Waals surface area contributed by atoms with Crippen LogP contribution in [-0.4, -0.2) is 33.5 Å². The number of hydrogen-bond acceptors (Lipinski definition) is 7. The first-order valence-electron chi connectivity index (χ1n) is 9.49. The Morgan fingerprint density at radius 3 is 2.38 bits per heavy atom. The average Bonchev–Trinajstić information content (AvgIpc) is 2.79. The van der Waals surface area contributed by atoms with Crippen molar-refractivity contribution in [1.82, 2.24) is 20.4 Å². The summed E-state index contributed by atoms with van der Waals surface area (Å²) in [5, 5.41) is 4.29. The number of aromatic nitrogens is 3. The van der Waals surface area contributed by atoms with Crippen LogP contribution in [0.25, 0.3) is 0 Å². The van der Waals surface area contributed by atoms with Gasteiger partial charge in [0.15, 0.2) is 0 Å². The number of nitrogens with one attached hydrogen (secondary N) is 3. The van der Waals surface area contributed by atoms with Crippen molar-refractivity contribution in [2.75, 3.05) is 17.2 Å². The van der Waals surface area contributed by atoms with Crippen LogP contribution in [0.4, 0.5) is 29.3 Å². The van der Waals surface area contributed by atoms with E-state index in [0.717, 1.165) is 18.5 Å². The van der Waals surface area contributed by atoms with Crippen molar-refractivity contribution in [3.8, 4) is 11.8 Å². The van der Waals surface area contributed by atoms with Crippen LogP contribution in [0.5, 0.6) is 11.8 Å². The first kappa shape index (κ1) is 24.7.